The van der Waals surface area contributed by atoms with Gasteiger partial charge in [-0.15, -0.1) is 11.3 Å². The maximum absolute atomic E-state index is 12.4. The van der Waals surface area contributed by atoms with Crippen LogP contribution in [0.3, 0.4) is 0 Å². The van der Waals surface area contributed by atoms with E-state index >= 15 is 0 Å². The summed E-state index contributed by atoms with van der Waals surface area (Å²) in [5.41, 5.74) is 5.78. The van der Waals surface area contributed by atoms with Crippen LogP contribution >= 0.6 is 22.9 Å². The molecule has 0 spiro atoms. The number of thiophene rings is 1. The van der Waals surface area contributed by atoms with Gasteiger partial charge in [0.15, 0.2) is 0 Å². The number of carbonyl (C=O) groups is 1. The summed E-state index contributed by atoms with van der Waals surface area (Å²) in [7, 11) is 0. The van der Waals surface area contributed by atoms with Gasteiger partial charge < -0.3 is 11.1 Å². The Bertz CT molecular complexity index is 435. The summed E-state index contributed by atoms with van der Waals surface area (Å²) in [6.07, 6.45) is 4.37. The molecule has 0 bridgehead atoms. The summed E-state index contributed by atoms with van der Waals surface area (Å²) in [4.78, 5) is 13.5. The fourth-order valence-corrected chi connectivity index (χ4v) is 3.85. The lowest BCUT2D eigenvalue weighted by Gasteiger charge is -2.30. The van der Waals surface area contributed by atoms with Gasteiger partial charge in [-0.05, 0) is 44.4 Å². The fraction of sp³-hybridized carbons (Fsp3) is 0.643. The monoisotopic (exact) mass is 300 g/mol. The molecule has 3 N–H and O–H groups in total. The van der Waals surface area contributed by atoms with Crippen molar-refractivity contribution in [2.45, 2.75) is 38.6 Å². The number of nitrogens with one attached hydrogen (secondary N) is 1. The van der Waals surface area contributed by atoms with E-state index in [4.69, 9.17) is 17.3 Å². The van der Waals surface area contributed by atoms with Crippen LogP contribution in [-0.4, -0.2) is 12.5 Å². The topological polar surface area (TPSA) is 55.1 Å². The molecule has 3 nitrogen and oxygen atoms in total. The molecule has 0 aliphatic heterocycles. The number of amides is 1. The molecule has 1 saturated carbocycles. The summed E-state index contributed by atoms with van der Waals surface area (Å²) >= 11 is 7.44. The molecule has 106 valence electrons. The van der Waals surface area contributed by atoms with Gasteiger partial charge in [0.2, 0.25) is 5.91 Å². The predicted octanol–water partition coefficient (Wildman–Crippen LogP) is 3.34. The Morgan fingerprint density at radius 2 is 2.26 bits per heavy atom. The summed E-state index contributed by atoms with van der Waals surface area (Å²) in [5, 5.41) is 3.10. The molecule has 1 fully saturated rings. The fourth-order valence-electron chi connectivity index (χ4n) is 2.79. The van der Waals surface area contributed by atoms with Crippen LogP contribution in [0.1, 0.15) is 43.5 Å². The van der Waals surface area contributed by atoms with E-state index in [9.17, 15) is 4.79 Å². The Hall–Kier alpha value is -0.580. The van der Waals surface area contributed by atoms with E-state index in [1.807, 2.05) is 19.1 Å². The number of carbonyl (C=O) groups excluding carboxylic acids is 1. The molecule has 1 aromatic heterocycles. The standard InChI is InChI=1S/C14H21ClN2OS/c1-9(12-6-7-13(15)19-12)17-14(18)11-5-3-2-4-10(11)8-16/h6-7,9-11H,2-5,8,16H2,1H3,(H,17,18). The first kappa shape index (κ1) is 14.8. The first-order chi connectivity index (χ1) is 9.11. The van der Waals surface area contributed by atoms with Crippen molar-refractivity contribution < 1.29 is 4.79 Å². The van der Waals surface area contributed by atoms with Crippen LogP contribution in [0.2, 0.25) is 4.34 Å². The zero-order valence-electron chi connectivity index (χ0n) is 11.2. The van der Waals surface area contributed by atoms with Gasteiger partial charge in [-0.25, -0.2) is 0 Å². The smallest absolute Gasteiger partial charge is 0.223 e. The largest absolute Gasteiger partial charge is 0.349 e. The van der Waals surface area contributed by atoms with Gasteiger partial charge in [0.05, 0.1) is 10.4 Å². The second-order valence-corrected chi connectivity index (χ2v) is 7.01. The lowest BCUT2D eigenvalue weighted by atomic mass is 9.78. The van der Waals surface area contributed by atoms with E-state index < -0.39 is 0 Å². The number of halogens is 1. The van der Waals surface area contributed by atoms with E-state index in [-0.39, 0.29) is 17.9 Å². The average molecular weight is 301 g/mol. The van der Waals surface area contributed by atoms with Gasteiger partial charge in [0.25, 0.3) is 0 Å². The normalized spacial score (nSPS) is 25.0. The van der Waals surface area contributed by atoms with Crippen molar-refractivity contribution in [3.05, 3.63) is 21.3 Å². The Labute approximate surface area is 123 Å². The zero-order chi connectivity index (χ0) is 13.8. The number of hydrogen-bond acceptors (Lipinski definition) is 3. The Balaban J connectivity index is 1.96. The molecular formula is C14H21ClN2OS. The molecule has 2 rings (SSSR count). The lowest BCUT2D eigenvalue weighted by Crippen LogP contribution is -2.40. The zero-order valence-corrected chi connectivity index (χ0v) is 12.8. The van der Waals surface area contributed by atoms with Crippen LogP contribution in [0.4, 0.5) is 0 Å². The Morgan fingerprint density at radius 3 is 2.89 bits per heavy atom. The van der Waals surface area contributed by atoms with Crippen molar-refractivity contribution in [3.8, 4) is 0 Å². The molecule has 3 unspecified atom stereocenters. The van der Waals surface area contributed by atoms with Crippen molar-refractivity contribution in [2.75, 3.05) is 6.54 Å². The van der Waals surface area contributed by atoms with Gasteiger partial charge in [-0.1, -0.05) is 24.4 Å². The third-order valence-corrected chi connectivity index (χ3v) is 5.34. The molecule has 1 aliphatic carbocycles. The Kier molecular flexibility index (Phi) is 5.25. The Morgan fingerprint density at radius 1 is 1.53 bits per heavy atom. The second-order valence-electron chi connectivity index (χ2n) is 5.26. The maximum Gasteiger partial charge on any atom is 0.223 e. The molecule has 3 atom stereocenters. The van der Waals surface area contributed by atoms with Gasteiger partial charge >= 0.3 is 0 Å². The van der Waals surface area contributed by atoms with Crippen LogP contribution in [0.15, 0.2) is 12.1 Å². The molecule has 1 aliphatic rings. The minimum Gasteiger partial charge on any atom is -0.349 e. The highest BCUT2D eigenvalue weighted by molar-refractivity contribution is 7.16. The van der Waals surface area contributed by atoms with Gasteiger partial charge in [-0.3, -0.25) is 4.79 Å². The van der Waals surface area contributed by atoms with Crippen molar-refractivity contribution in [1.82, 2.24) is 5.32 Å². The molecule has 0 radical (unpaired) electrons. The predicted molar refractivity (Wildman–Crippen MR) is 80.4 cm³/mol. The van der Waals surface area contributed by atoms with Crippen LogP contribution < -0.4 is 11.1 Å². The van der Waals surface area contributed by atoms with Crippen LogP contribution in [-0.2, 0) is 4.79 Å². The van der Waals surface area contributed by atoms with E-state index in [0.29, 0.717) is 12.5 Å². The highest BCUT2D eigenvalue weighted by Gasteiger charge is 2.30. The van der Waals surface area contributed by atoms with E-state index in [2.05, 4.69) is 5.32 Å². The second kappa shape index (κ2) is 6.73. The summed E-state index contributed by atoms with van der Waals surface area (Å²) in [5.74, 6) is 0.566. The first-order valence-corrected chi connectivity index (χ1v) is 8.07. The molecule has 1 aromatic rings. The highest BCUT2D eigenvalue weighted by Crippen LogP contribution is 2.31. The average Bonchev–Trinajstić information content (AvgIpc) is 2.85. The van der Waals surface area contributed by atoms with Gasteiger partial charge in [0.1, 0.15) is 0 Å². The van der Waals surface area contributed by atoms with E-state index in [0.717, 1.165) is 28.5 Å². The summed E-state index contributed by atoms with van der Waals surface area (Å²) in [6.45, 7) is 2.61. The summed E-state index contributed by atoms with van der Waals surface area (Å²) in [6, 6.07) is 3.86. The summed E-state index contributed by atoms with van der Waals surface area (Å²) < 4.78 is 0.758. The number of hydrogen-bond donors (Lipinski definition) is 2. The van der Waals surface area contributed by atoms with Crippen LogP contribution in [0.5, 0.6) is 0 Å². The SMILES string of the molecule is CC(NC(=O)C1CCCCC1CN)c1ccc(Cl)s1. The lowest BCUT2D eigenvalue weighted by molar-refractivity contribution is -0.128. The van der Waals surface area contributed by atoms with Crippen LogP contribution in [0.25, 0.3) is 0 Å². The van der Waals surface area contributed by atoms with Crippen molar-refractivity contribution in [2.24, 2.45) is 17.6 Å². The number of rotatable bonds is 4. The third-order valence-electron chi connectivity index (χ3n) is 3.93. The maximum atomic E-state index is 12.4. The molecule has 1 amide bonds. The molecule has 19 heavy (non-hydrogen) atoms. The van der Waals surface area contributed by atoms with Crippen molar-refractivity contribution in [1.29, 1.82) is 0 Å². The quantitative estimate of drug-likeness (QED) is 0.896. The third kappa shape index (κ3) is 3.71. The number of nitrogens with two attached hydrogens (primary N) is 1. The molecular weight excluding hydrogens is 280 g/mol. The molecule has 0 aromatic carbocycles. The minimum atomic E-state index is 0.0188. The van der Waals surface area contributed by atoms with E-state index in [1.54, 1.807) is 0 Å². The highest BCUT2D eigenvalue weighted by atomic mass is 35.5. The van der Waals surface area contributed by atoms with E-state index in [1.165, 1.54) is 17.8 Å². The van der Waals surface area contributed by atoms with Crippen molar-refractivity contribution in [3.63, 3.8) is 0 Å². The molecule has 5 heteroatoms. The van der Waals surface area contributed by atoms with Gasteiger partial charge in [0, 0.05) is 10.8 Å². The first-order valence-electron chi connectivity index (χ1n) is 6.87. The molecule has 0 saturated heterocycles. The van der Waals surface area contributed by atoms with Crippen LogP contribution in [0, 0.1) is 11.8 Å². The minimum absolute atomic E-state index is 0.0188. The van der Waals surface area contributed by atoms with Crippen molar-refractivity contribution >= 4 is 28.8 Å². The molecule has 1 heterocycles. The van der Waals surface area contributed by atoms with Gasteiger partial charge in [-0.2, -0.15) is 0 Å².